The predicted molar refractivity (Wildman–Crippen MR) is 64.6 cm³/mol. The monoisotopic (exact) mass is 231 g/mol. The van der Waals surface area contributed by atoms with E-state index < -0.39 is 5.97 Å². The predicted octanol–water partition coefficient (Wildman–Crippen LogP) is 1.74. The van der Waals surface area contributed by atoms with Crippen LogP contribution in [0.15, 0.2) is 18.2 Å². The second-order valence-corrected chi connectivity index (χ2v) is 3.47. The average molecular weight is 231 g/mol. The molecule has 1 aromatic carbocycles. The number of nitrogens with one attached hydrogen (secondary N) is 1. The SMILES string of the molecule is C#CCC(=O)Nc1ccc(C)cc1C(=O)OC. The molecule has 0 atom stereocenters. The second-order valence-electron chi connectivity index (χ2n) is 3.47. The van der Waals surface area contributed by atoms with Crippen LogP contribution < -0.4 is 5.32 Å². The Balaban J connectivity index is 3.03. The molecular formula is C13H13NO3. The number of methoxy groups -OCH3 is 1. The second kappa shape index (κ2) is 5.71. The molecule has 1 aromatic rings. The molecule has 0 unspecified atom stereocenters. The van der Waals surface area contributed by atoms with Gasteiger partial charge < -0.3 is 10.1 Å². The Morgan fingerprint density at radius 1 is 1.47 bits per heavy atom. The van der Waals surface area contributed by atoms with Crippen LogP contribution in [-0.4, -0.2) is 19.0 Å². The first-order valence-electron chi connectivity index (χ1n) is 5.00. The Morgan fingerprint density at radius 3 is 2.76 bits per heavy atom. The number of esters is 1. The first kappa shape index (κ1) is 12.8. The summed E-state index contributed by atoms with van der Waals surface area (Å²) in [6, 6.07) is 5.09. The van der Waals surface area contributed by atoms with E-state index in [1.807, 2.05) is 6.92 Å². The van der Waals surface area contributed by atoms with Crippen molar-refractivity contribution in [1.29, 1.82) is 0 Å². The number of carbonyl (C=O) groups excluding carboxylic acids is 2. The molecule has 0 saturated heterocycles. The van der Waals surface area contributed by atoms with Crippen molar-refractivity contribution in [3.63, 3.8) is 0 Å². The molecule has 0 fully saturated rings. The molecule has 0 saturated carbocycles. The van der Waals surface area contributed by atoms with Gasteiger partial charge in [0.15, 0.2) is 0 Å². The maximum Gasteiger partial charge on any atom is 0.339 e. The first-order chi connectivity index (χ1) is 8.08. The summed E-state index contributed by atoms with van der Waals surface area (Å²) >= 11 is 0. The minimum absolute atomic E-state index is 0.0332. The van der Waals surface area contributed by atoms with Crippen molar-refractivity contribution in [2.45, 2.75) is 13.3 Å². The standard InChI is InChI=1S/C13H13NO3/c1-4-5-12(15)14-11-7-6-9(2)8-10(11)13(16)17-3/h1,6-8H,5H2,2-3H3,(H,14,15). The molecule has 0 aliphatic heterocycles. The zero-order chi connectivity index (χ0) is 12.8. The molecule has 0 spiro atoms. The highest BCUT2D eigenvalue weighted by Crippen LogP contribution is 2.18. The van der Waals surface area contributed by atoms with E-state index in [4.69, 9.17) is 6.42 Å². The van der Waals surface area contributed by atoms with Crippen LogP contribution in [0.3, 0.4) is 0 Å². The molecule has 0 aromatic heterocycles. The zero-order valence-electron chi connectivity index (χ0n) is 9.74. The Morgan fingerprint density at radius 2 is 2.18 bits per heavy atom. The van der Waals surface area contributed by atoms with Crippen LogP contribution >= 0.6 is 0 Å². The molecule has 1 N–H and O–H groups in total. The average Bonchev–Trinajstić information content (AvgIpc) is 2.30. The van der Waals surface area contributed by atoms with Gasteiger partial charge >= 0.3 is 5.97 Å². The van der Waals surface area contributed by atoms with Gasteiger partial charge in [0, 0.05) is 0 Å². The highest BCUT2D eigenvalue weighted by atomic mass is 16.5. The largest absolute Gasteiger partial charge is 0.465 e. The quantitative estimate of drug-likeness (QED) is 0.636. The van der Waals surface area contributed by atoms with Crippen LogP contribution in [0.1, 0.15) is 22.3 Å². The number of hydrogen-bond acceptors (Lipinski definition) is 3. The lowest BCUT2D eigenvalue weighted by Crippen LogP contribution is -2.14. The van der Waals surface area contributed by atoms with Gasteiger partial charge in [0.1, 0.15) is 0 Å². The van der Waals surface area contributed by atoms with Crippen molar-refractivity contribution in [2.75, 3.05) is 12.4 Å². The maximum absolute atomic E-state index is 11.5. The summed E-state index contributed by atoms with van der Waals surface area (Å²) < 4.78 is 4.64. The minimum atomic E-state index is -0.496. The van der Waals surface area contributed by atoms with Gasteiger partial charge in [0.2, 0.25) is 5.91 Å². The van der Waals surface area contributed by atoms with Crippen LogP contribution in [0.5, 0.6) is 0 Å². The van der Waals surface area contributed by atoms with E-state index in [1.165, 1.54) is 7.11 Å². The maximum atomic E-state index is 11.5. The zero-order valence-corrected chi connectivity index (χ0v) is 9.74. The van der Waals surface area contributed by atoms with E-state index >= 15 is 0 Å². The number of rotatable bonds is 3. The molecule has 17 heavy (non-hydrogen) atoms. The minimum Gasteiger partial charge on any atom is -0.465 e. The molecule has 0 aliphatic carbocycles. The lowest BCUT2D eigenvalue weighted by Gasteiger charge is -2.09. The Labute approximate surface area is 100.0 Å². The van der Waals surface area contributed by atoms with E-state index in [0.717, 1.165) is 5.56 Å². The lowest BCUT2D eigenvalue weighted by molar-refractivity contribution is -0.115. The van der Waals surface area contributed by atoms with Gasteiger partial charge in [-0.2, -0.15) is 0 Å². The number of carbonyl (C=O) groups is 2. The van der Waals surface area contributed by atoms with E-state index in [-0.39, 0.29) is 12.3 Å². The number of benzene rings is 1. The molecular weight excluding hydrogens is 218 g/mol. The third kappa shape index (κ3) is 3.35. The Bertz CT molecular complexity index is 486. The summed E-state index contributed by atoms with van der Waals surface area (Å²) in [6.07, 6.45) is 5.00. The van der Waals surface area contributed by atoms with Gasteiger partial charge in [-0.15, -0.1) is 6.42 Å². The molecule has 0 heterocycles. The molecule has 1 amide bonds. The number of hydrogen-bond donors (Lipinski definition) is 1. The van der Waals surface area contributed by atoms with Crippen LogP contribution in [0.25, 0.3) is 0 Å². The molecule has 0 aliphatic rings. The Hall–Kier alpha value is -2.28. The van der Waals surface area contributed by atoms with Crippen molar-refractivity contribution >= 4 is 17.6 Å². The fourth-order valence-corrected chi connectivity index (χ4v) is 1.33. The van der Waals surface area contributed by atoms with E-state index in [0.29, 0.717) is 11.3 Å². The van der Waals surface area contributed by atoms with E-state index in [9.17, 15) is 9.59 Å². The number of anilines is 1. The normalized spacial score (nSPS) is 9.24. The molecule has 88 valence electrons. The fourth-order valence-electron chi connectivity index (χ4n) is 1.33. The Kier molecular flexibility index (Phi) is 4.29. The fraction of sp³-hybridized carbons (Fsp3) is 0.231. The summed E-state index contributed by atoms with van der Waals surface area (Å²) in [5, 5.41) is 2.57. The molecule has 1 rings (SSSR count). The summed E-state index contributed by atoms with van der Waals surface area (Å²) in [5.74, 6) is 1.41. The van der Waals surface area contributed by atoms with Gasteiger partial charge in [0.25, 0.3) is 0 Å². The first-order valence-corrected chi connectivity index (χ1v) is 5.00. The molecule has 4 heteroatoms. The van der Waals surface area contributed by atoms with Gasteiger partial charge in [-0.3, -0.25) is 4.79 Å². The van der Waals surface area contributed by atoms with Gasteiger partial charge in [-0.25, -0.2) is 4.79 Å². The highest BCUT2D eigenvalue weighted by Gasteiger charge is 2.13. The van der Waals surface area contributed by atoms with E-state index in [2.05, 4.69) is 16.0 Å². The highest BCUT2D eigenvalue weighted by molar-refractivity contribution is 6.01. The number of aryl methyl sites for hydroxylation is 1. The molecule has 4 nitrogen and oxygen atoms in total. The summed E-state index contributed by atoms with van der Waals surface area (Å²) in [6.45, 7) is 1.85. The van der Waals surface area contributed by atoms with Gasteiger partial charge in [-0.05, 0) is 19.1 Å². The van der Waals surface area contributed by atoms with Crippen molar-refractivity contribution in [3.05, 3.63) is 29.3 Å². The van der Waals surface area contributed by atoms with Crippen molar-refractivity contribution in [3.8, 4) is 12.3 Å². The van der Waals surface area contributed by atoms with Crippen LogP contribution in [0.2, 0.25) is 0 Å². The number of terminal acetylenes is 1. The third-order valence-electron chi connectivity index (χ3n) is 2.12. The van der Waals surface area contributed by atoms with Gasteiger partial charge in [0.05, 0.1) is 24.8 Å². The summed E-state index contributed by atoms with van der Waals surface area (Å²) in [5.41, 5.74) is 1.63. The number of ether oxygens (including phenoxy) is 1. The van der Waals surface area contributed by atoms with E-state index in [1.54, 1.807) is 18.2 Å². The van der Waals surface area contributed by atoms with Crippen molar-refractivity contribution in [1.82, 2.24) is 0 Å². The van der Waals surface area contributed by atoms with Crippen molar-refractivity contribution < 1.29 is 14.3 Å². The summed E-state index contributed by atoms with van der Waals surface area (Å²) in [7, 11) is 1.29. The smallest absolute Gasteiger partial charge is 0.339 e. The van der Waals surface area contributed by atoms with Crippen LogP contribution in [0, 0.1) is 19.3 Å². The number of amides is 1. The third-order valence-corrected chi connectivity index (χ3v) is 2.12. The van der Waals surface area contributed by atoms with Crippen LogP contribution in [0.4, 0.5) is 5.69 Å². The molecule has 0 bridgehead atoms. The topological polar surface area (TPSA) is 55.4 Å². The molecule has 0 radical (unpaired) electrons. The lowest BCUT2D eigenvalue weighted by atomic mass is 10.1. The summed E-state index contributed by atoms with van der Waals surface area (Å²) in [4.78, 5) is 22.9. The van der Waals surface area contributed by atoms with Crippen LogP contribution in [-0.2, 0) is 9.53 Å². The van der Waals surface area contributed by atoms with Gasteiger partial charge in [-0.1, -0.05) is 17.6 Å². The van der Waals surface area contributed by atoms with Crippen molar-refractivity contribution in [2.24, 2.45) is 0 Å².